The highest BCUT2D eigenvalue weighted by atomic mass is 16.3. The van der Waals surface area contributed by atoms with Crippen LogP contribution in [-0.4, -0.2) is 11.3 Å². The Kier molecular flexibility index (Phi) is 2.79. The molecule has 0 unspecified atom stereocenters. The molecule has 0 aliphatic heterocycles. The molecule has 2 aromatic carbocycles. The Hall–Kier alpha value is -2.94. The van der Waals surface area contributed by atoms with Crippen LogP contribution in [0.3, 0.4) is 0 Å². The zero-order valence-electron chi connectivity index (χ0n) is 12.0. The quantitative estimate of drug-likeness (QED) is 0.499. The van der Waals surface area contributed by atoms with Crippen LogP contribution in [0.4, 0.5) is 0 Å². The summed E-state index contributed by atoms with van der Waals surface area (Å²) in [6, 6.07) is 15.8. The van der Waals surface area contributed by atoms with E-state index in [-0.39, 0.29) is 0 Å². The molecular formula is C19H13NO2. The molecule has 106 valence electrons. The summed E-state index contributed by atoms with van der Waals surface area (Å²) in [7, 11) is 0. The number of furan rings is 1. The number of carbonyl (C=O) groups excluding carboxylic acids is 1. The summed E-state index contributed by atoms with van der Waals surface area (Å²) in [4.78, 5) is 15.8. The fourth-order valence-electron chi connectivity index (χ4n) is 2.87. The zero-order valence-corrected chi connectivity index (χ0v) is 12.0. The number of aromatic nitrogens is 1. The van der Waals surface area contributed by atoms with E-state index in [0.29, 0.717) is 11.1 Å². The van der Waals surface area contributed by atoms with Crippen LogP contribution in [0.5, 0.6) is 0 Å². The van der Waals surface area contributed by atoms with Crippen molar-refractivity contribution >= 4 is 28.4 Å². The molecule has 0 fully saturated rings. The molecule has 3 heteroatoms. The lowest BCUT2D eigenvalue weighted by atomic mass is 10.0. The summed E-state index contributed by atoms with van der Waals surface area (Å²) in [6.07, 6.45) is 2.61. The van der Waals surface area contributed by atoms with E-state index in [2.05, 4.69) is 4.98 Å². The summed E-state index contributed by atoms with van der Waals surface area (Å²) in [5, 5.41) is 0.884. The normalized spacial score (nSPS) is 11.1. The van der Waals surface area contributed by atoms with Crippen molar-refractivity contribution in [2.45, 2.75) is 6.92 Å². The van der Waals surface area contributed by atoms with Crippen molar-refractivity contribution in [2.24, 2.45) is 0 Å². The molecule has 0 atom stereocenters. The van der Waals surface area contributed by atoms with Crippen LogP contribution in [0.1, 0.15) is 15.9 Å². The maximum atomic E-state index is 11.3. The highest BCUT2D eigenvalue weighted by Crippen LogP contribution is 2.35. The number of rotatable bonds is 2. The van der Waals surface area contributed by atoms with Crippen LogP contribution in [0.25, 0.3) is 33.2 Å². The number of fused-ring (bicyclic) bond motifs is 3. The van der Waals surface area contributed by atoms with Crippen molar-refractivity contribution in [3.05, 3.63) is 65.9 Å². The van der Waals surface area contributed by atoms with Gasteiger partial charge < -0.3 is 4.42 Å². The van der Waals surface area contributed by atoms with E-state index < -0.39 is 0 Å². The molecule has 0 aliphatic carbocycles. The van der Waals surface area contributed by atoms with Gasteiger partial charge in [-0.1, -0.05) is 30.3 Å². The Morgan fingerprint density at radius 2 is 1.86 bits per heavy atom. The van der Waals surface area contributed by atoms with Crippen LogP contribution in [0, 0.1) is 6.92 Å². The Morgan fingerprint density at radius 3 is 2.64 bits per heavy atom. The molecule has 0 saturated heterocycles. The van der Waals surface area contributed by atoms with Crippen molar-refractivity contribution in [2.75, 3.05) is 0 Å². The molecule has 2 heterocycles. The maximum Gasteiger partial charge on any atom is 0.161 e. The topological polar surface area (TPSA) is 43.1 Å². The molecular weight excluding hydrogens is 274 g/mol. The molecule has 0 bridgehead atoms. The van der Waals surface area contributed by atoms with Crippen LogP contribution >= 0.6 is 0 Å². The third-order valence-electron chi connectivity index (χ3n) is 3.84. The minimum Gasteiger partial charge on any atom is -0.453 e. The number of aryl methyl sites for hydroxylation is 1. The number of nitrogens with zero attached hydrogens (tertiary/aromatic N) is 1. The van der Waals surface area contributed by atoms with Gasteiger partial charge in [0.2, 0.25) is 0 Å². The molecule has 0 N–H and O–H groups in total. The summed E-state index contributed by atoms with van der Waals surface area (Å²) < 4.78 is 6.02. The predicted octanol–water partition coefficient (Wildman–Crippen LogP) is 4.77. The Labute approximate surface area is 127 Å². The molecule has 22 heavy (non-hydrogen) atoms. The highest BCUT2D eigenvalue weighted by molar-refractivity contribution is 6.11. The molecule has 0 spiro atoms. The SMILES string of the molecule is Cc1cc(C=O)c2oc3c(-c4ccccc4)ccnc3c2c1. The molecule has 4 aromatic rings. The summed E-state index contributed by atoms with van der Waals surface area (Å²) in [5.41, 5.74) is 5.75. The van der Waals surface area contributed by atoms with Crippen molar-refractivity contribution in [3.63, 3.8) is 0 Å². The number of aldehydes is 1. The van der Waals surface area contributed by atoms with Gasteiger partial charge in [0.25, 0.3) is 0 Å². The van der Waals surface area contributed by atoms with E-state index in [1.165, 1.54) is 0 Å². The van der Waals surface area contributed by atoms with Gasteiger partial charge in [-0.15, -0.1) is 0 Å². The molecule has 2 aromatic heterocycles. The molecule has 0 amide bonds. The lowest BCUT2D eigenvalue weighted by Gasteiger charge is -2.01. The average molecular weight is 287 g/mol. The van der Waals surface area contributed by atoms with Gasteiger partial charge in [-0.2, -0.15) is 0 Å². The lowest BCUT2D eigenvalue weighted by molar-refractivity contribution is 0.112. The first-order chi connectivity index (χ1) is 10.8. The number of pyridine rings is 1. The van der Waals surface area contributed by atoms with Gasteiger partial charge in [0.15, 0.2) is 11.9 Å². The van der Waals surface area contributed by atoms with Crippen molar-refractivity contribution in [3.8, 4) is 11.1 Å². The average Bonchev–Trinajstić information content (AvgIpc) is 2.93. The lowest BCUT2D eigenvalue weighted by Crippen LogP contribution is -1.83. The first kappa shape index (κ1) is 12.8. The van der Waals surface area contributed by atoms with Gasteiger partial charge in [0, 0.05) is 17.1 Å². The van der Waals surface area contributed by atoms with Gasteiger partial charge in [-0.3, -0.25) is 9.78 Å². The van der Waals surface area contributed by atoms with E-state index in [9.17, 15) is 4.79 Å². The van der Waals surface area contributed by atoms with Gasteiger partial charge in [0.05, 0.1) is 5.56 Å². The summed E-state index contributed by atoms with van der Waals surface area (Å²) >= 11 is 0. The molecule has 3 nitrogen and oxygen atoms in total. The third-order valence-corrected chi connectivity index (χ3v) is 3.84. The summed E-state index contributed by atoms with van der Waals surface area (Å²) in [5.74, 6) is 0. The van der Waals surface area contributed by atoms with Gasteiger partial charge in [-0.05, 0) is 36.2 Å². The minimum atomic E-state index is 0.562. The molecule has 0 saturated carbocycles. The van der Waals surface area contributed by atoms with Crippen LogP contribution < -0.4 is 0 Å². The Balaban J connectivity index is 2.14. The highest BCUT2D eigenvalue weighted by Gasteiger charge is 2.15. The van der Waals surface area contributed by atoms with Crippen LogP contribution in [-0.2, 0) is 0 Å². The van der Waals surface area contributed by atoms with Crippen LogP contribution in [0.2, 0.25) is 0 Å². The second kappa shape index (κ2) is 4.81. The van der Waals surface area contributed by atoms with Gasteiger partial charge in [0.1, 0.15) is 11.1 Å². The van der Waals surface area contributed by atoms with Crippen molar-refractivity contribution in [1.29, 1.82) is 0 Å². The zero-order chi connectivity index (χ0) is 15.1. The Morgan fingerprint density at radius 1 is 1.05 bits per heavy atom. The fraction of sp³-hybridized carbons (Fsp3) is 0.0526. The molecule has 0 radical (unpaired) electrons. The predicted molar refractivity (Wildman–Crippen MR) is 87.1 cm³/mol. The molecule has 4 rings (SSSR count). The second-order valence-corrected chi connectivity index (χ2v) is 5.35. The second-order valence-electron chi connectivity index (χ2n) is 5.35. The fourth-order valence-corrected chi connectivity index (χ4v) is 2.87. The largest absolute Gasteiger partial charge is 0.453 e. The number of benzene rings is 2. The first-order valence-corrected chi connectivity index (χ1v) is 7.10. The van der Waals surface area contributed by atoms with E-state index in [4.69, 9.17) is 4.42 Å². The maximum absolute atomic E-state index is 11.3. The smallest absolute Gasteiger partial charge is 0.161 e. The van der Waals surface area contributed by atoms with Gasteiger partial charge in [-0.25, -0.2) is 0 Å². The first-order valence-electron chi connectivity index (χ1n) is 7.10. The number of hydrogen-bond acceptors (Lipinski definition) is 3. The standard InChI is InChI=1S/C19H13NO2/c1-12-9-14(11-21)18-16(10-12)17-19(22-18)15(7-8-20-17)13-5-3-2-4-6-13/h2-11H,1H3. The summed E-state index contributed by atoms with van der Waals surface area (Å²) in [6.45, 7) is 1.96. The van der Waals surface area contributed by atoms with E-state index in [0.717, 1.165) is 39.5 Å². The van der Waals surface area contributed by atoms with E-state index in [1.807, 2.05) is 55.5 Å². The van der Waals surface area contributed by atoms with E-state index >= 15 is 0 Å². The van der Waals surface area contributed by atoms with Crippen LogP contribution in [0.15, 0.2) is 59.1 Å². The van der Waals surface area contributed by atoms with Crippen molar-refractivity contribution in [1.82, 2.24) is 4.98 Å². The van der Waals surface area contributed by atoms with E-state index in [1.54, 1.807) is 6.20 Å². The number of carbonyl (C=O) groups is 1. The van der Waals surface area contributed by atoms with Crippen molar-refractivity contribution < 1.29 is 9.21 Å². The minimum absolute atomic E-state index is 0.562. The monoisotopic (exact) mass is 287 g/mol. The molecule has 0 aliphatic rings. The van der Waals surface area contributed by atoms with Gasteiger partial charge >= 0.3 is 0 Å². The number of hydrogen-bond donors (Lipinski definition) is 0. The third kappa shape index (κ3) is 1.83. The Bertz CT molecular complexity index is 1000.